The molecule has 3 aliphatic rings. The maximum atomic E-state index is 16.2. The van der Waals surface area contributed by atoms with E-state index >= 15 is 4.39 Å². The number of sulfonamides is 1. The molecule has 16 heteroatoms. The zero-order chi connectivity index (χ0) is 25.9. The highest BCUT2D eigenvalue weighted by Crippen LogP contribution is 2.39. The number of hydrogen-bond acceptors (Lipinski definition) is 10. The van der Waals surface area contributed by atoms with Crippen LogP contribution in [0.5, 0.6) is 0 Å². The minimum absolute atomic E-state index is 0.00335. The molecule has 2 N–H and O–H groups in total. The minimum atomic E-state index is -4.41. The van der Waals surface area contributed by atoms with Gasteiger partial charge in [0.2, 0.25) is 10.0 Å². The second-order valence-electron chi connectivity index (χ2n) is 9.49. The van der Waals surface area contributed by atoms with E-state index < -0.39 is 44.3 Å². The predicted octanol–water partition coefficient (Wildman–Crippen LogP) is 1.25. The Balaban J connectivity index is 1.49. The number of anilines is 1. The summed E-state index contributed by atoms with van der Waals surface area (Å²) in [7, 11) is -4.41. The summed E-state index contributed by atoms with van der Waals surface area (Å²) in [5, 5.41) is 16.5. The van der Waals surface area contributed by atoms with Gasteiger partial charge >= 0.3 is 0 Å². The van der Waals surface area contributed by atoms with Crippen LogP contribution < -0.4 is 9.62 Å². The summed E-state index contributed by atoms with van der Waals surface area (Å²) in [4.78, 5) is 7.68. The van der Waals surface area contributed by atoms with Crippen molar-refractivity contribution in [1.82, 2.24) is 29.2 Å². The van der Waals surface area contributed by atoms with E-state index in [2.05, 4.69) is 24.8 Å². The minimum Gasteiger partial charge on any atom is -0.394 e. The largest absolute Gasteiger partial charge is 0.394 e. The zero-order valence-electron chi connectivity index (χ0n) is 19.5. The summed E-state index contributed by atoms with van der Waals surface area (Å²) in [6.45, 7) is 2.92. The van der Waals surface area contributed by atoms with Gasteiger partial charge in [0.15, 0.2) is 21.7 Å². The SMILES string of the molecule is O=S(=O)(NC1(CO)CC1)c1cn2c(-c3nnc(C(F)F)s3)ncc2c(N2CCN3CCOC[C@H]3C2)c1F. The van der Waals surface area contributed by atoms with Crippen LogP contribution in [0.2, 0.25) is 0 Å². The second-order valence-corrected chi connectivity index (χ2v) is 12.2. The Hall–Kier alpha value is -2.37. The molecule has 0 bridgehead atoms. The van der Waals surface area contributed by atoms with Crippen LogP contribution in [0, 0.1) is 5.82 Å². The summed E-state index contributed by atoms with van der Waals surface area (Å²) in [5.41, 5.74) is -0.706. The van der Waals surface area contributed by atoms with Gasteiger partial charge in [0.05, 0.1) is 43.1 Å². The number of ether oxygens (including phenoxy) is 1. The fourth-order valence-electron chi connectivity index (χ4n) is 4.86. The molecule has 3 aromatic heterocycles. The average molecular weight is 560 g/mol. The quantitative estimate of drug-likeness (QED) is 0.440. The molecule has 1 saturated carbocycles. The van der Waals surface area contributed by atoms with Gasteiger partial charge in [0, 0.05) is 32.4 Å². The molecule has 0 spiro atoms. The number of pyridine rings is 1. The van der Waals surface area contributed by atoms with E-state index in [0.29, 0.717) is 57.0 Å². The molecule has 3 aromatic rings. The molecule has 0 radical (unpaired) electrons. The van der Waals surface area contributed by atoms with Gasteiger partial charge in [-0.3, -0.25) is 9.30 Å². The Morgan fingerprint density at radius 1 is 1.27 bits per heavy atom. The van der Waals surface area contributed by atoms with Crippen molar-refractivity contribution in [1.29, 1.82) is 0 Å². The summed E-state index contributed by atoms with van der Waals surface area (Å²) in [5.74, 6) is -0.879. The van der Waals surface area contributed by atoms with Crippen LogP contribution in [-0.4, -0.2) is 95.6 Å². The molecule has 0 unspecified atom stereocenters. The second kappa shape index (κ2) is 9.13. The van der Waals surface area contributed by atoms with Gasteiger partial charge in [-0.15, -0.1) is 10.2 Å². The molecular formula is C21H24F3N7O4S2. The Morgan fingerprint density at radius 2 is 2.08 bits per heavy atom. The molecule has 1 aliphatic carbocycles. The van der Waals surface area contributed by atoms with Crippen molar-refractivity contribution < 1.29 is 31.4 Å². The van der Waals surface area contributed by atoms with Gasteiger partial charge < -0.3 is 14.7 Å². The number of imidazole rings is 1. The van der Waals surface area contributed by atoms with Gasteiger partial charge in [-0.1, -0.05) is 11.3 Å². The Bertz CT molecular complexity index is 1440. The number of aromatic nitrogens is 4. The van der Waals surface area contributed by atoms with Crippen LogP contribution >= 0.6 is 11.3 Å². The highest BCUT2D eigenvalue weighted by molar-refractivity contribution is 7.89. The lowest BCUT2D eigenvalue weighted by Crippen LogP contribution is -2.58. The number of hydrogen-bond donors (Lipinski definition) is 2. The highest BCUT2D eigenvalue weighted by Gasteiger charge is 2.46. The average Bonchev–Trinajstić information content (AvgIpc) is 3.26. The van der Waals surface area contributed by atoms with Gasteiger partial charge in [-0.2, -0.15) is 0 Å². The van der Waals surface area contributed by atoms with Crippen LogP contribution in [0.15, 0.2) is 17.3 Å². The molecule has 37 heavy (non-hydrogen) atoms. The van der Waals surface area contributed by atoms with Gasteiger partial charge in [0.25, 0.3) is 6.43 Å². The number of fused-ring (bicyclic) bond motifs is 2. The fourth-order valence-corrected chi connectivity index (χ4v) is 7.08. The number of piperazine rings is 1. The number of alkyl halides is 2. The normalized spacial score (nSPS) is 22.1. The van der Waals surface area contributed by atoms with Crippen molar-refractivity contribution in [3.8, 4) is 10.8 Å². The van der Waals surface area contributed by atoms with Crippen LogP contribution in [0.4, 0.5) is 18.9 Å². The maximum absolute atomic E-state index is 16.2. The third-order valence-corrected chi connectivity index (χ3v) is 9.57. The lowest BCUT2D eigenvalue weighted by atomic mass is 10.1. The number of rotatable bonds is 7. The number of nitrogens with zero attached hydrogens (tertiary/aromatic N) is 6. The molecule has 2 saturated heterocycles. The van der Waals surface area contributed by atoms with E-state index in [4.69, 9.17) is 4.74 Å². The smallest absolute Gasteiger partial charge is 0.291 e. The monoisotopic (exact) mass is 559 g/mol. The van der Waals surface area contributed by atoms with Crippen molar-refractivity contribution in [2.24, 2.45) is 0 Å². The first-order valence-corrected chi connectivity index (χ1v) is 14.0. The van der Waals surface area contributed by atoms with Crippen LogP contribution in [0.1, 0.15) is 24.3 Å². The van der Waals surface area contributed by atoms with E-state index in [1.807, 2.05) is 0 Å². The molecule has 6 rings (SSSR count). The van der Waals surface area contributed by atoms with Crippen molar-refractivity contribution in [2.45, 2.75) is 35.7 Å². The number of aliphatic hydroxyl groups is 1. The first-order chi connectivity index (χ1) is 17.7. The molecular weight excluding hydrogens is 535 g/mol. The molecule has 0 amide bonds. The van der Waals surface area contributed by atoms with E-state index in [1.54, 1.807) is 4.90 Å². The third kappa shape index (κ3) is 4.38. The lowest BCUT2D eigenvalue weighted by Gasteiger charge is -2.44. The summed E-state index contributed by atoms with van der Waals surface area (Å²) >= 11 is 0.627. The number of aliphatic hydroxyl groups excluding tert-OH is 1. The highest BCUT2D eigenvalue weighted by atomic mass is 32.2. The van der Waals surface area contributed by atoms with E-state index in [1.165, 1.54) is 10.6 Å². The zero-order valence-corrected chi connectivity index (χ0v) is 21.1. The van der Waals surface area contributed by atoms with Gasteiger partial charge in [0.1, 0.15) is 10.6 Å². The van der Waals surface area contributed by atoms with Crippen molar-refractivity contribution >= 4 is 32.6 Å². The van der Waals surface area contributed by atoms with Gasteiger partial charge in [-0.25, -0.2) is 31.3 Å². The first-order valence-electron chi connectivity index (χ1n) is 11.7. The fraction of sp³-hybridized carbons (Fsp3) is 0.571. The van der Waals surface area contributed by atoms with Crippen LogP contribution in [0.3, 0.4) is 0 Å². The third-order valence-electron chi connectivity index (χ3n) is 7.08. The molecule has 0 aromatic carbocycles. The van der Waals surface area contributed by atoms with Crippen molar-refractivity contribution in [2.75, 3.05) is 50.9 Å². The Morgan fingerprint density at radius 3 is 2.78 bits per heavy atom. The predicted molar refractivity (Wildman–Crippen MR) is 127 cm³/mol. The topological polar surface area (TPSA) is 125 Å². The lowest BCUT2D eigenvalue weighted by molar-refractivity contribution is -0.0117. The number of morpholine rings is 1. The Labute approximate surface area is 213 Å². The molecule has 3 fully saturated rings. The van der Waals surface area contributed by atoms with E-state index in [9.17, 15) is 22.3 Å². The maximum Gasteiger partial charge on any atom is 0.291 e. The molecule has 11 nitrogen and oxygen atoms in total. The summed E-state index contributed by atoms with van der Waals surface area (Å²) in [6, 6.07) is 0.00335. The molecule has 2 aliphatic heterocycles. The molecule has 5 heterocycles. The van der Waals surface area contributed by atoms with Crippen molar-refractivity contribution in [3.63, 3.8) is 0 Å². The Kier molecular flexibility index (Phi) is 6.15. The van der Waals surface area contributed by atoms with Crippen molar-refractivity contribution in [3.05, 3.63) is 23.2 Å². The number of nitrogens with one attached hydrogen (secondary N) is 1. The van der Waals surface area contributed by atoms with E-state index in [-0.39, 0.29) is 28.1 Å². The van der Waals surface area contributed by atoms with Crippen LogP contribution in [-0.2, 0) is 14.8 Å². The standard InChI is InChI=1S/C21H24F3N7O4S2/c22-15-14(37(33,34)28-21(11-32)1-2-21)9-31-13(7-25-18(31)20-27-26-19(36-20)17(23)24)16(15)30-4-3-29-5-6-35-10-12(29)8-30/h7,9,12,17,28,32H,1-6,8,10-11H2/t12-/m1/s1. The number of halogens is 3. The van der Waals surface area contributed by atoms with E-state index in [0.717, 1.165) is 12.7 Å². The first kappa shape index (κ1) is 24.9. The van der Waals surface area contributed by atoms with Gasteiger partial charge in [-0.05, 0) is 12.8 Å². The van der Waals surface area contributed by atoms with Crippen LogP contribution in [0.25, 0.3) is 16.3 Å². The summed E-state index contributed by atoms with van der Waals surface area (Å²) < 4.78 is 78.6. The molecule has 1 atom stereocenters. The summed E-state index contributed by atoms with van der Waals surface area (Å²) in [6.07, 6.45) is 0.491. The molecule has 200 valence electrons.